The molecule has 1 aliphatic carbocycles. The van der Waals surface area contributed by atoms with Crippen molar-refractivity contribution in [3.63, 3.8) is 0 Å². The molecular weight excluding hydrogens is 420 g/mol. The van der Waals surface area contributed by atoms with Crippen LogP contribution in [0.5, 0.6) is 0 Å². The fourth-order valence-electron chi connectivity index (χ4n) is 4.84. The summed E-state index contributed by atoms with van der Waals surface area (Å²) in [6.07, 6.45) is 6.38. The molecule has 1 heterocycles. The lowest BCUT2D eigenvalue weighted by Crippen LogP contribution is -2.57. The number of aliphatic hydroxyl groups is 1. The van der Waals surface area contributed by atoms with Crippen LogP contribution in [0.25, 0.3) is 0 Å². The van der Waals surface area contributed by atoms with Crippen molar-refractivity contribution in [1.82, 2.24) is 15.5 Å². The van der Waals surface area contributed by atoms with Crippen LogP contribution in [-0.2, 0) is 9.59 Å². The van der Waals surface area contributed by atoms with Crippen molar-refractivity contribution in [2.24, 2.45) is 17.4 Å². The summed E-state index contributed by atoms with van der Waals surface area (Å²) >= 11 is 0. The lowest BCUT2D eigenvalue weighted by Gasteiger charge is -2.34. The van der Waals surface area contributed by atoms with Crippen molar-refractivity contribution in [3.05, 3.63) is 35.9 Å². The molecule has 33 heavy (non-hydrogen) atoms. The van der Waals surface area contributed by atoms with E-state index in [1.54, 1.807) is 29.2 Å². The van der Waals surface area contributed by atoms with Crippen molar-refractivity contribution in [2.75, 3.05) is 13.1 Å². The second-order valence-electron chi connectivity index (χ2n) is 9.34. The first-order valence-electron chi connectivity index (χ1n) is 12.0. The Morgan fingerprint density at radius 3 is 2.30 bits per heavy atom. The van der Waals surface area contributed by atoms with Crippen LogP contribution in [0.2, 0.25) is 0 Å². The van der Waals surface area contributed by atoms with Crippen LogP contribution >= 0.6 is 0 Å². The minimum absolute atomic E-state index is 0.0244. The number of likely N-dealkylation sites (tertiary alicyclic amines) is 1. The van der Waals surface area contributed by atoms with Crippen LogP contribution in [0.3, 0.4) is 0 Å². The van der Waals surface area contributed by atoms with Crippen LogP contribution in [0.15, 0.2) is 30.3 Å². The molecule has 0 bridgehead atoms. The maximum atomic E-state index is 13.2. The van der Waals surface area contributed by atoms with E-state index >= 15 is 0 Å². The number of amides is 2. The Bertz CT molecular complexity index is 791. The number of carbonyl (C=O) groups is 2. The van der Waals surface area contributed by atoms with Gasteiger partial charge in [0.25, 0.3) is 0 Å². The van der Waals surface area contributed by atoms with Gasteiger partial charge in [0.15, 0.2) is 5.96 Å². The number of hydrogen-bond donors (Lipinski definition) is 6. The molecule has 9 nitrogen and oxygen atoms in total. The molecule has 1 saturated heterocycles. The first kappa shape index (κ1) is 25.0. The van der Waals surface area contributed by atoms with Crippen molar-refractivity contribution < 1.29 is 14.7 Å². The molecule has 3 rings (SSSR count). The number of carbonyl (C=O) groups excluding carboxylic acids is 2. The molecule has 3 atom stereocenters. The summed E-state index contributed by atoms with van der Waals surface area (Å²) < 4.78 is 0. The average Bonchev–Trinajstić information content (AvgIpc) is 2.83. The lowest BCUT2D eigenvalue weighted by molar-refractivity contribution is -0.133. The third kappa shape index (κ3) is 7.17. The summed E-state index contributed by atoms with van der Waals surface area (Å²) in [4.78, 5) is 27.8. The van der Waals surface area contributed by atoms with Crippen LogP contribution in [0.1, 0.15) is 63.0 Å². The Morgan fingerprint density at radius 2 is 1.70 bits per heavy atom. The van der Waals surface area contributed by atoms with Gasteiger partial charge in [-0.3, -0.25) is 15.0 Å². The van der Waals surface area contributed by atoms with Gasteiger partial charge in [-0.25, -0.2) is 0 Å². The summed E-state index contributed by atoms with van der Waals surface area (Å²) in [5.41, 5.74) is 12.3. The zero-order valence-electron chi connectivity index (χ0n) is 19.2. The van der Waals surface area contributed by atoms with E-state index in [0.717, 1.165) is 12.8 Å². The smallest absolute Gasteiger partial charge is 0.245 e. The molecule has 0 spiro atoms. The fourth-order valence-corrected chi connectivity index (χ4v) is 4.84. The summed E-state index contributed by atoms with van der Waals surface area (Å²) in [7, 11) is 0. The number of rotatable bonds is 8. The monoisotopic (exact) mass is 458 g/mol. The molecule has 2 fully saturated rings. The number of guanidine groups is 1. The Morgan fingerprint density at radius 1 is 1.06 bits per heavy atom. The molecule has 1 aromatic carbocycles. The molecular formula is C24H38N6O3. The molecule has 2 amide bonds. The predicted octanol–water partition coefficient (Wildman–Crippen LogP) is 0.977. The highest BCUT2D eigenvalue weighted by atomic mass is 16.3. The zero-order chi connectivity index (χ0) is 23.8. The van der Waals surface area contributed by atoms with E-state index in [2.05, 4.69) is 10.6 Å². The van der Waals surface area contributed by atoms with E-state index in [4.69, 9.17) is 16.9 Å². The fraction of sp³-hybridized carbons (Fsp3) is 0.625. The van der Waals surface area contributed by atoms with Crippen LogP contribution in [0.4, 0.5) is 0 Å². The average molecular weight is 459 g/mol. The highest BCUT2D eigenvalue weighted by molar-refractivity contribution is 5.90. The molecule has 9 heteroatoms. The van der Waals surface area contributed by atoms with E-state index in [1.807, 2.05) is 6.07 Å². The largest absolute Gasteiger partial charge is 0.386 e. The number of nitrogens with zero attached hydrogens (tertiary/aromatic N) is 1. The van der Waals surface area contributed by atoms with E-state index in [0.29, 0.717) is 43.8 Å². The van der Waals surface area contributed by atoms with Gasteiger partial charge in [0.1, 0.15) is 12.1 Å². The van der Waals surface area contributed by atoms with Gasteiger partial charge in [-0.2, -0.15) is 0 Å². The highest BCUT2D eigenvalue weighted by Crippen LogP contribution is 2.27. The third-order valence-corrected chi connectivity index (χ3v) is 6.87. The maximum Gasteiger partial charge on any atom is 0.245 e. The molecule has 8 N–H and O–H groups in total. The van der Waals surface area contributed by atoms with Crippen molar-refractivity contribution >= 4 is 17.8 Å². The zero-order valence-corrected chi connectivity index (χ0v) is 19.2. The standard InChI is InChI=1S/C24H38N6O3/c25-19(15-16-7-3-1-4-8-16)22(32)29-20(21(31)17-9-5-2-6-10-17)23(33)28-18-11-13-30(14-12-18)24(26)27/h2,5-6,9-10,16,18-21,31H,1,3-4,7-8,11-15,25H2,(H3,26,27)(H,28,33)(H,29,32)/t19-,20+,21+/m1/s1. The SMILES string of the molecule is N=C(N)N1CCC(NC(=O)[C@@H](NC(=O)[C@H](N)CC2CCCCC2)[C@@H](O)c2ccccc2)CC1. The number of hydrogen-bond acceptors (Lipinski definition) is 5. The van der Waals surface area contributed by atoms with Gasteiger partial charge in [-0.05, 0) is 30.7 Å². The molecule has 0 unspecified atom stereocenters. The predicted molar refractivity (Wildman–Crippen MR) is 127 cm³/mol. The van der Waals surface area contributed by atoms with Gasteiger partial charge in [-0.1, -0.05) is 62.4 Å². The second-order valence-corrected chi connectivity index (χ2v) is 9.34. The Balaban J connectivity index is 1.64. The Labute approximate surface area is 195 Å². The Kier molecular flexibility index (Phi) is 9.08. The first-order chi connectivity index (χ1) is 15.8. The van der Waals surface area contributed by atoms with E-state index in [-0.39, 0.29) is 12.0 Å². The van der Waals surface area contributed by atoms with Crippen LogP contribution in [-0.4, -0.2) is 59.0 Å². The van der Waals surface area contributed by atoms with Gasteiger partial charge < -0.3 is 32.1 Å². The molecule has 2 aliphatic rings. The van der Waals surface area contributed by atoms with Crippen LogP contribution in [0, 0.1) is 11.3 Å². The molecule has 182 valence electrons. The number of piperidine rings is 1. The second kappa shape index (κ2) is 12.0. The minimum Gasteiger partial charge on any atom is -0.386 e. The summed E-state index contributed by atoms with van der Waals surface area (Å²) in [6.45, 7) is 1.15. The molecule has 1 aromatic rings. The van der Waals surface area contributed by atoms with Crippen molar-refractivity contribution in [3.8, 4) is 0 Å². The van der Waals surface area contributed by atoms with E-state index in [9.17, 15) is 14.7 Å². The van der Waals surface area contributed by atoms with E-state index < -0.39 is 30.0 Å². The van der Waals surface area contributed by atoms with E-state index in [1.165, 1.54) is 19.3 Å². The summed E-state index contributed by atoms with van der Waals surface area (Å²) in [5, 5.41) is 24.2. The number of nitrogens with one attached hydrogen (secondary N) is 3. The van der Waals surface area contributed by atoms with Crippen molar-refractivity contribution in [2.45, 2.75) is 75.6 Å². The number of aliphatic hydroxyl groups excluding tert-OH is 1. The summed E-state index contributed by atoms with van der Waals surface area (Å²) in [6, 6.07) is 6.85. The molecule has 1 saturated carbocycles. The van der Waals surface area contributed by atoms with Gasteiger partial charge >= 0.3 is 0 Å². The topological polar surface area (TPSA) is 158 Å². The van der Waals surface area contributed by atoms with Gasteiger partial charge in [-0.15, -0.1) is 0 Å². The first-order valence-corrected chi connectivity index (χ1v) is 12.0. The van der Waals surface area contributed by atoms with Crippen molar-refractivity contribution in [1.29, 1.82) is 5.41 Å². The normalized spacial score (nSPS) is 20.5. The minimum atomic E-state index is -1.20. The molecule has 0 radical (unpaired) electrons. The number of nitrogens with two attached hydrogens (primary N) is 2. The quantitative estimate of drug-likeness (QED) is 0.252. The van der Waals surface area contributed by atoms with Gasteiger partial charge in [0, 0.05) is 19.1 Å². The lowest BCUT2D eigenvalue weighted by atomic mass is 9.85. The molecule has 1 aliphatic heterocycles. The van der Waals surface area contributed by atoms with Gasteiger partial charge in [0.05, 0.1) is 6.04 Å². The molecule has 0 aromatic heterocycles. The highest BCUT2D eigenvalue weighted by Gasteiger charge is 2.33. The third-order valence-electron chi connectivity index (χ3n) is 6.87. The Hall–Kier alpha value is -2.65. The van der Waals surface area contributed by atoms with Gasteiger partial charge in [0.2, 0.25) is 11.8 Å². The summed E-state index contributed by atoms with van der Waals surface area (Å²) in [5.74, 6) is -0.401. The van der Waals surface area contributed by atoms with Crippen LogP contribution < -0.4 is 22.1 Å². The maximum absolute atomic E-state index is 13.2. The number of benzene rings is 1.